The Morgan fingerprint density at radius 3 is 2.70 bits per heavy atom. The molecule has 0 radical (unpaired) electrons. The minimum Gasteiger partial charge on any atom is -0.326 e. The third-order valence-corrected chi connectivity index (χ3v) is 4.87. The van der Waals surface area contributed by atoms with Crippen LogP contribution >= 0.6 is 11.3 Å². The van der Waals surface area contributed by atoms with Crippen molar-refractivity contribution in [1.82, 2.24) is 9.38 Å². The van der Waals surface area contributed by atoms with Gasteiger partial charge in [0.15, 0.2) is 4.96 Å². The molecule has 1 amide bonds. The first-order valence-corrected chi connectivity index (χ1v) is 9.03. The third kappa shape index (κ3) is 3.56. The van der Waals surface area contributed by atoms with Crippen LogP contribution in [0.2, 0.25) is 0 Å². The zero-order valence-electron chi connectivity index (χ0n) is 14.0. The van der Waals surface area contributed by atoms with Gasteiger partial charge in [-0.05, 0) is 12.1 Å². The lowest BCUT2D eigenvalue weighted by atomic mass is 10.1. The summed E-state index contributed by atoms with van der Waals surface area (Å²) >= 11 is 1.57. The van der Waals surface area contributed by atoms with Crippen molar-refractivity contribution in [3.8, 4) is 11.3 Å². The van der Waals surface area contributed by atoms with Crippen LogP contribution in [0.1, 0.15) is 5.56 Å². The fourth-order valence-electron chi connectivity index (χ4n) is 2.81. The van der Waals surface area contributed by atoms with Crippen LogP contribution in [0, 0.1) is 10.1 Å². The summed E-state index contributed by atoms with van der Waals surface area (Å²) in [6.07, 6.45) is 3.85. The lowest BCUT2D eigenvalue weighted by molar-refractivity contribution is -0.385. The molecule has 134 valence electrons. The van der Waals surface area contributed by atoms with Gasteiger partial charge in [-0.1, -0.05) is 30.3 Å². The Morgan fingerprint density at radius 1 is 1.19 bits per heavy atom. The van der Waals surface area contributed by atoms with Gasteiger partial charge >= 0.3 is 0 Å². The van der Waals surface area contributed by atoms with E-state index < -0.39 is 4.92 Å². The number of fused-ring (bicyclic) bond motifs is 1. The number of aromatic nitrogens is 2. The van der Waals surface area contributed by atoms with Crippen molar-refractivity contribution < 1.29 is 9.72 Å². The van der Waals surface area contributed by atoms with Gasteiger partial charge in [0.05, 0.1) is 17.0 Å². The number of carbonyl (C=O) groups is 1. The van der Waals surface area contributed by atoms with Crippen LogP contribution in [-0.2, 0) is 11.2 Å². The first-order valence-electron chi connectivity index (χ1n) is 8.15. The summed E-state index contributed by atoms with van der Waals surface area (Å²) in [5, 5.41) is 15.8. The molecule has 27 heavy (non-hydrogen) atoms. The molecular formula is C19H14N4O3S. The predicted octanol–water partition coefficient (Wildman–Crippen LogP) is 4.15. The van der Waals surface area contributed by atoms with E-state index in [0.29, 0.717) is 11.3 Å². The van der Waals surface area contributed by atoms with Crippen molar-refractivity contribution in [2.45, 2.75) is 6.42 Å². The Morgan fingerprint density at radius 2 is 1.96 bits per heavy atom. The number of anilines is 1. The number of nitro benzene ring substituents is 1. The van der Waals surface area contributed by atoms with Crippen molar-refractivity contribution in [3.05, 3.63) is 82.0 Å². The lowest BCUT2D eigenvalue weighted by Crippen LogP contribution is -2.15. The molecule has 7 nitrogen and oxygen atoms in total. The molecule has 0 saturated heterocycles. The first-order chi connectivity index (χ1) is 13.1. The number of nitrogens with zero attached hydrogens (tertiary/aromatic N) is 3. The van der Waals surface area contributed by atoms with Crippen LogP contribution in [0.3, 0.4) is 0 Å². The largest absolute Gasteiger partial charge is 0.326 e. The van der Waals surface area contributed by atoms with E-state index in [4.69, 9.17) is 0 Å². The molecule has 0 aliphatic carbocycles. The van der Waals surface area contributed by atoms with E-state index >= 15 is 0 Å². The van der Waals surface area contributed by atoms with Gasteiger partial charge in [0.1, 0.15) is 0 Å². The van der Waals surface area contributed by atoms with Crippen molar-refractivity contribution >= 4 is 33.6 Å². The molecule has 0 atom stereocenters. The second kappa shape index (κ2) is 7.00. The summed E-state index contributed by atoms with van der Waals surface area (Å²) < 4.78 is 1.96. The quantitative estimate of drug-likeness (QED) is 0.417. The molecule has 8 heteroatoms. The number of thiazole rings is 1. The van der Waals surface area contributed by atoms with Gasteiger partial charge in [-0.15, -0.1) is 11.3 Å². The number of nitrogens with one attached hydrogen (secondary N) is 1. The van der Waals surface area contributed by atoms with Crippen LogP contribution in [0.25, 0.3) is 16.2 Å². The fourth-order valence-corrected chi connectivity index (χ4v) is 3.51. The molecule has 0 fully saturated rings. The Balaban J connectivity index is 1.46. The Labute approximate surface area is 158 Å². The second-order valence-corrected chi connectivity index (χ2v) is 6.78. The van der Waals surface area contributed by atoms with Gasteiger partial charge in [0, 0.05) is 40.7 Å². The number of amides is 1. The van der Waals surface area contributed by atoms with E-state index in [1.807, 2.05) is 34.3 Å². The summed E-state index contributed by atoms with van der Waals surface area (Å²) in [6, 6.07) is 13.6. The van der Waals surface area contributed by atoms with Crippen molar-refractivity contribution in [2.75, 3.05) is 5.32 Å². The predicted molar refractivity (Wildman–Crippen MR) is 104 cm³/mol. The van der Waals surface area contributed by atoms with Crippen LogP contribution in [-0.4, -0.2) is 20.2 Å². The maximum atomic E-state index is 12.2. The molecule has 0 aliphatic heterocycles. The Bertz CT molecular complexity index is 1100. The summed E-state index contributed by atoms with van der Waals surface area (Å²) in [5.74, 6) is -0.306. The monoisotopic (exact) mass is 378 g/mol. The highest BCUT2D eigenvalue weighted by molar-refractivity contribution is 7.15. The normalized spacial score (nSPS) is 10.8. The average molecular weight is 378 g/mol. The van der Waals surface area contributed by atoms with Crippen LogP contribution in [0.4, 0.5) is 11.4 Å². The summed E-state index contributed by atoms with van der Waals surface area (Å²) in [4.78, 5) is 28.3. The number of imidazole rings is 1. The zero-order valence-corrected chi connectivity index (χ0v) is 14.8. The number of hydrogen-bond acceptors (Lipinski definition) is 5. The third-order valence-electron chi connectivity index (χ3n) is 4.10. The summed E-state index contributed by atoms with van der Waals surface area (Å²) in [6.45, 7) is 0. The topological polar surface area (TPSA) is 89.5 Å². The molecule has 2 aromatic heterocycles. The van der Waals surface area contributed by atoms with E-state index in [1.54, 1.807) is 41.7 Å². The van der Waals surface area contributed by atoms with Gasteiger partial charge < -0.3 is 5.32 Å². The fraction of sp³-hybridized carbons (Fsp3) is 0.0526. The maximum absolute atomic E-state index is 12.2. The second-order valence-electron chi connectivity index (χ2n) is 5.91. The molecular weight excluding hydrogens is 364 g/mol. The van der Waals surface area contributed by atoms with Crippen molar-refractivity contribution in [2.24, 2.45) is 0 Å². The number of nitro groups is 1. The Hall–Kier alpha value is -3.52. The highest BCUT2D eigenvalue weighted by Gasteiger charge is 2.15. The van der Waals surface area contributed by atoms with Crippen LogP contribution in [0.5, 0.6) is 0 Å². The number of benzene rings is 2. The highest BCUT2D eigenvalue weighted by Crippen LogP contribution is 2.23. The van der Waals surface area contributed by atoms with E-state index in [-0.39, 0.29) is 18.0 Å². The van der Waals surface area contributed by atoms with E-state index in [1.165, 1.54) is 6.07 Å². The molecule has 2 heterocycles. The van der Waals surface area contributed by atoms with Gasteiger partial charge in [-0.25, -0.2) is 4.98 Å². The van der Waals surface area contributed by atoms with Gasteiger partial charge in [0.2, 0.25) is 5.91 Å². The molecule has 0 aliphatic rings. The summed E-state index contributed by atoms with van der Waals surface area (Å²) in [7, 11) is 0. The van der Waals surface area contributed by atoms with Crippen molar-refractivity contribution in [1.29, 1.82) is 0 Å². The molecule has 0 saturated carbocycles. The van der Waals surface area contributed by atoms with Gasteiger partial charge in [-0.3, -0.25) is 19.3 Å². The maximum Gasteiger partial charge on any atom is 0.273 e. The van der Waals surface area contributed by atoms with E-state index in [9.17, 15) is 14.9 Å². The van der Waals surface area contributed by atoms with Crippen LogP contribution < -0.4 is 5.32 Å². The standard InChI is InChI=1S/C19H14N4O3S/c24-18(11-14-3-1-2-4-17(14)23(25)26)20-15-7-5-13(6-8-15)16-12-22-9-10-27-19(22)21-16/h1-10,12H,11H2,(H,20,24). The molecule has 0 bridgehead atoms. The van der Waals surface area contributed by atoms with E-state index in [0.717, 1.165) is 16.2 Å². The van der Waals surface area contributed by atoms with E-state index in [2.05, 4.69) is 10.3 Å². The molecule has 0 unspecified atom stereocenters. The smallest absolute Gasteiger partial charge is 0.273 e. The zero-order chi connectivity index (χ0) is 18.8. The van der Waals surface area contributed by atoms with Crippen molar-refractivity contribution in [3.63, 3.8) is 0 Å². The SMILES string of the molecule is O=C(Cc1ccccc1[N+](=O)[O-])Nc1ccc(-c2cn3ccsc3n2)cc1. The Kier molecular flexibility index (Phi) is 4.39. The number of carbonyl (C=O) groups excluding carboxylic acids is 1. The van der Waals surface area contributed by atoms with Gasteiger partial charge in [0.25, 0.3) is 5.69 Å². The first kappa shape index (κ1) is 16.9. The van der Waals surface area contributed by atoms with Gasteiger partial charge in [-0.2, -0.15) is 0 Å². The minimum absolute atomic E-state index is 0.0530. The average Bonchev–Trinajstić information content (AvgIpc) is 3.24. The molecule has 4 aromatic rings. The number of hydrogen-bond donors (Lipinski definition) is 1. The minimum atomic E-state index is -0.479. The highest BCUT2D eigenvalue weighted by atomic mass is 32.1. The number of para-hydroxylation sites is 1. The summed E-state index contributed by atoms with van der Waals surface area (Å²) in [5.41, 5.74) is 2.77. The van der Waals surface area contributed by atoms with Crippen LogP contribution in [0.15, 0.2) is 66.3 Å². The molecule has 4 rings (SSSR count). The molecule has 1 N–H and O–H groups in total. The number of rotatable bonds is 5. The lowest BCUT2D eigenvalue weighted by Gasteiger charge is -2.06. The molecule has 0 spiro atoms. The molecule has 2 aromatic carbocycles.